The Morgan fingerprint density at radius 1 is 0.909 bits per heavy atom. The van der Waals surface area contributed by atoms with Crippen molar-refractivity contribution < 1.29 is 24.9 Å². The van der Waals surface area contributed by atoms with Crippen molar-refractivity contribution in [1.29, 1.82) is 0 Å². The standard InChI is InChI=1S/C12H9N.C4H6O5/c1-3-7-11-9(5-1)10-6-2-4-8-12(10)13-11;5-2(4(8)9)1-3(6)7/h1-8,13H;2,5H,1H2,(H,6,7)(H,8,9)/t;2-/m.0/s1. The van der Waals surface area contributed by atoms with Crippen molar-refractivity contribution in [3.8, 4) is 0 Å². The molecule has 0 unspecified atom stereocenters. The molecule has 0 aliphatic rings. The van der Waals surface area contributed by atoms with Crippen LogP contribution >= 0.6 is 0 Å². The lowest BCUT2D eigenvalue weighted by molar-refractivity contribution is -0.152. The number of aliphatic hydroxyl groups is 1. The van der Waals surface area contributed by atoms with E-state index in [4.69, 9.17) is 15.3 Å². The fourth-order valence-electron chi connectivity index (χ4n) is 2.05. The number of aliphatic hydroxyl groups excluding tert-OH is 1. The molecule has 0 spiro atoms. The number of para-hydroxylation sites is 2. The van der Waals surface area contributed by atoms with Crippen LogP contribution in [0.4, 0.5) is 0 Å². The predicted molar refractivity (Wildman–Crippen MR) is 81.7 cm³/mol. The zero-order chi connectivity index (χ0) is 16.1. The van der Waals surface area contributed by atoms with Crippen LogP contribution in [0.15, 0.2) is 48.5 Å². The molecule has 0 aliphatic carbocycles. The Kier molecular flexibility index (Phi) is 4.75. The number of H-pyrrole nitrogens is 1. The lowest BCUT2D eigenvalue weighted by atomic mass is 10.2. The highest BCUT2D eigenvalue weighted by atomic mass is 16.4. The van der Waals surface area contributed by atoms with Crippen LogP contribution in [0.2, 0.25) is 0 Å². The number of hydrogen-bond acceptors (Lipinski definition) is 3. The third kappa shape index (κ3) is 3.62. The van der Waals surface area contributed by atoms with Gasteiger partial charge in [-0.05, 0) is 12.1 Å². The van der Waals surface area contributed by atoms with Crippen LogP contribution in [0.5, 0.6) is 0 Å². The Bertz CT molecular complexity index is 758. The maximum atomic E-state index is 9.72. The van der Waals surface area contributed by atoms with Crippen LogP contribution in [-0.2, 0) is 9.59 Å². The van der Waals surface area contributed by atoms with E-state index < -0.39 is 24.5 Å². The van der Waals surface area contributed by atoms with Crippen molar-refractivity contribution in [3.63, 3.8) is 0 Å². The molecular formula is C16H15NO5. The molecule has 0 fully saturated rings. The number of aromatic nitrogens is 1. The van der Waals surface area contributed by atoms with Crippen molar-refractivity contribution >= 4 is 33.7 Å². The van der Waals surface area contributed by atoms with Gasteiger partial charge >= 0.3 is 11.9 Å². The Balaban J connectivity index is 0.000000175. The number of aliphatic carboxylic acids is 2. The monoisotopic (exact) mass is 301 g/mol. The smallest absolute Gasteiger partial charge is 0.333 e. The molecule has 3 aromatic rings. The zero-order valence-corrected chi connectivity index (χ0v) is 11.6. The number of aromatic amines is 1. The van der Waals surface area contributed by atoms with Gasteiger partial charge in [-0.3, -0.25) is 4.79 Å². The highest BCUT2D eigenvalue weighted by molar-refractivity contribution is 6.06. The topological polar surface area (TPSA) is 111 Å². The molecule has 114 valence electrons. The molecule has 0 radical (unpaired) electrons. The Labute approximate surface area is 125 Å². The third-order valence-electron chi connectivity index (χ3n) is 3.07. The first-order chi connectivity index (χ1) is 10.5. The highest BCUT2D eigenvalue weighted by Gasteiger charge is 2.16. The van der Waals surface area contributed by atoms with Gasteiger partial charge in [0.1, 0.15) is 0 Å². The minimum absolute atomic E-state index is 0.755. The van der Waals surface area contributed by atoms with Crippen LogP contribution in [-0.4, -0.2) is 38.3 Å². The van der Waals surface area contributed by atoms with Gasteiger partial charge in [0.25, 0.3) is 0 Å². The summed E-state index contributed by atoms with van der Waals surface area (Å²) in [6.45, 7) is 0. The molecule has 0 bridgehead atoms. The number of benzene rings is 2. The van der Waals surface area contributed by atoms with Gasteiger partial charge < -0.3 is 20.3 Å². The molecule has 0 saturated heterocycles. The van der Waals surface area contributed by atoms with Crippen molar-refractivity contribution in [2.45, 2.75) is 12.5 Å². The Morgan fingerprint density at radius 3 is 1.73 bits per heavy atom. The van der Waals surface area contributed by atoms with E-state index in [0.29, 0.717) is 0 Å². The van der Waals surface area contributed by atoms with Gasteiger partial charge in [-0.1, -0.05) is 36.4 Å². The van der Waals surface area contributed by atoms with Gasteiger partial charge in [0.05, 0.1) is 6.42 Å². The van der Waals surface area contributed by atoms with E-state index in [1.165, 1.54) is 21.8 Å². The van der Waals surface area contributed by atoms with Crippen LogP contribution < -0.4 is 0 Å². The van der Waals surface area contributed by atoms with Gasteiger partial charge in [0.2, 0.25) is 0 Å². The SMILES string of the molecule is O=C(O)C[C@H](O)C(=O)O.c1ccc2c(c1)[nH]c1ccccc12. The van der Waals surface area contributed by atoms with E-state index >= 15 is 0 Å². The number of carboxylic acid groups (broad SMARTS) is 2. The summed E-state index contributed by atoms with van der Waals surface area (Å²) in [5.74, 6) is -2.85. The largest absolute Gasteiger partial charge is 0.481 e. The zero-order valence-electron chi connectivity index (χ0n) is 11.6. The first kappa shape index (κ1) is 15.5. The average Bonchev–Trinajstić information content (AvgIpc) is 2.85. The van der Waals surface area contributed by atoms with Crippen LogP contribution in [0, 0.1) is 0 Å². The predicted octanol–water partition coefficient (Wildman–Crippen LogP) is 2.23. The van der Waals surface area contributed by atoms with Gasteiger partial charge in [0, 0.05) is 21.8 Å². The van der Waals surface area contributed by atoms with E-state index in [-0.39, 0.29) is 0 Å². The maximum absolute atomic E-state index is 9.72. The van der Waals surface area contributed by atoms with E-state index in [2.05, 4.69) is 53.5 Å². The third-order valence-corrected chi connectivity index (χ3v) is 3.07. The molecule has 0 amide bonds. The number of nitrogens with one attached hydrogen (secondary N) is 1. The molecule has 6 nitrogen and oxygen atoms in total. The first-order valence-corrected chi connectivity index (χ1v) is 6.57. The van der Waals surface area contributed by atoms with Crippen molar-refractivity contribution in [2.75, 3.05) is 0 Å². The van der Waals surface area contributed by atoms with E-state index in [1.54, 1.807) is 0 Å². The fraction of sp³-hybridized carbons (Fsp3) is 0.125. The number of rotatable bonds is 3. The summed E-state index contributed by atoms with van der Waals surface area (Å²) in [5, 5.41) is 26.8. The number of fused-ring (bicyclic) bond motifs is 3. The molecule has 0 aliphatic heterocycles. The van der Waals surface area contributed by atoms with Gasteiger partial charge in [0.15, 0.2) is 6.10 Å². The minimum Gasteiger partial charge on any atom is -0.481 e. The molecule has 1 atom stereocenters. The minimum atomic E-state index is -1.79. The van der Waals surface area contributed by atoms with Crippen molar-refractivity contribution in [2.24, 2.45) is 0 Å². The van der Waals surface area contributed by atoms with Crippen LogP contribution in [0.25, 0.3) is 21.8 Å². The number of carbonyl (C=O) groups is 2. The van der Waals surface area contributed by atoms with Crippen molar-refractivity contribution in [1.82, 2.24) is 4.98 Å². The number of hydrogen-bond donors (Lipinski definition) is 4. The van der Waals surface area contributed by atoms with Crippen molar-refractivity contribution in [3.05, 3.63) is 48.5 Å². The van der Waals surface area contributed by atoms with E-state index in [9.17, 15) is 9.59 Å². The molecule has 6 heteroatoms. The normalized spacial score (nSPS) is 11.7. The molecule has 4 N–H and O–H groups in total. The number of carboxylic acids is 2. The molecule has 22 heavy (non-hydrogen) atoms. The van der Waals surface area contributed by atoms with Crippen LogP contribution in [0.1, 0.15) is 6.42 Å². The Hall–Kier alpha value is -2.86. The highest BCUT2D eigenvalue weighted by Crippen LogP contribution is 2.24. The van der Waals surface area contributed by atoms with E-state index in [1.807, 2.05) is 0 Å². The second kappa shape index (κ2) is 6.73. The summed E-state index contributed by atoms with van der Waals surface area (Å²) in [5.41, 5.74) is 2.42. The lowest BCUT2D eigenvalue weighted by Gasteiger charge is -1.97. The fourth-order valence-corrected chi connectivity index (χ4v) is 2.05. The first-order valence-electron chi connectivity index (χ1n) is 6.57. The molecule has 3 rings (SSSR count). The van der Waals surface area contributed by atoms with Crippen LogP contribution in [0.3, 0.4) is 0 Å². The van der Waals surface area contributed by atoms with E-state index in [0.717, 1.165) is 0 Å². The summed E-state index contributed by atoms with van der Waals surface area (Å²) >= 11 is 0. The summed E-state index contributed by atoms with van der Waals surface area (Å²) in [4.78, 5) is 22.8. The lowest BCUT2D eigenvalue weighted by Crippen LogP contribution is -2.22. The summed E-state index contributed by atoms with van der Waals surface area (Å²) in [6, 6.07) is 16.8. The average molecular weight is 301 g/mol. The Morgan fingerprint density at radius 2 is 1.36 bits per heavy atom. The molecular weight excluding hydrogens is 286 g/mol. The second-order valence-corrected chi connectivity index (χ2v) is 4.67. The summed E-state index contributed by atoms with van der Waals surface area (Å²) < 4.78 is 0. The van der Waals surface area contributed by atoms with Gasteiger partial charge in [-0.15, -0.1) is 0 Å². The molecule has 1 heterocycles. The molecule has 2 aromatic carbocycles. The maximum Gasteiger partial charge on any atom is 0.333 e. The molecule has 0 saturated carbocycles. The second-order valence-electron chi connectivity index (χ2n) is 4.67. The quantitative estimate of drug-likeness (QED) is 0.593. The summed E-state index contributed by atoms with van der Waals surface area (Å²) in [6.07, 6.45) is -2.54. The van der Waals surface area contributed by atoms with Gasteiger partial charge in [-0.2, -0.15) is 0 Å². The van der Waals surface area contributed by atoms with Gasteiger partial charge in [-0.25, -0.2) is 4.79 Å². The summed E-state index contributed by atoms with van der Waals surface area (Å²) in [7, 11) is 0. The molecule has 1 aromatic heterocycles.